The molecule has 4 aromatic rings. The molecule has 1 aliphatic carbocycles. The van der Waals surface area contributed by atoms with Crippen LogP contribution in [-0.4, -0.2) is 139 Å². The Morgan fingerprint density at radius 3 is 2.43 bits per heavy atom. The van der Waals surface area contributed by atoms with Gasteiger partial charge in [0.2, 0.25) is 6.16 Å². The Balaban J connectivity index is 1.04. The molecule has 12 atom stereocenters. The smallest absolute Gasteiger partial charge is 0.394 e. The molecule has 4 fully saturated rings. The highest BCUT2D eigenvalue weighted by molar-refractivity contribution is 7.52. The van der Waals surface area contributed by atoms with Crippen LogP contribution in [0, 0.1) is 5.92 Å². The van der Waals surface area contributed by atoms with Crippen LogP contribution in [0.5, 0.6) is 0 Å². The van der Waals surface area contributed by atoms with Crippen molar-refractivity contribution in [2.45, 2.75) is 54.2 Å². The summed E-state index contributed by atoms with van der Waals surface area (Å²) in [5.74, 6) is -2.41. The van der Waals surface area contributed by atoms with E-state index in [1.807, 2.05) is 0 Å². The number of hydrogen-bond acceptors (Lipinski definition) is 18. The van der Waals surface area contributed by atoms with Crippen LogP contribution in [-0.2, 0) is 38.3 Å². The van der Waals surface area contributed by atoms with Gasteiger partial charge in [-0.1, -0.05) is 0 Å². The molecule has 22 nitrogen and oxygen atoms in total. The minimum absolute atomic E-state index is 0.0448. The van der Waals surface area contributed by atoms with E-state index in [1.165, 1.54) is 29.9 Å². The van der Waals surface area contributed by atoms with Crippen LogP contribution in [0.4, 0.5) is 11.6 Å². The molecule has 8 rings (SSSR count). The molecule has 0 radical (unpaired) electrons. The Morgan fingerprint density at radius 1 is 1.02 bits per heavy atom. The van der Waals surface area contributed by atoms with Crippen LogP contribution < -0.4 is 11.5 Å². The molecule has 49 heavy (non-hydrogen) atoms. The Kier molecular flexibility index (Phi) is 7.76. The topological polar surface area (TPSA) is 321 Å². The van der Waals surface area contributed by atoms with Crippen molar-refractivity contribution in [3.63, 3.8) is 0 Å². The summed E-state index contributed by atoms with van der Waals surface area (Å²) < 4.78 is 57.6. The third-order valence-corrected chi connectivity index (χ3v) is 11.4. The maximum atomic E-state index is 13.8. The molecule has 1 saturated carbocycles. The Labute approximate surface area is 275 Å². The molecule has 8 unspecified atom stereocenters. The summed E-state index contributed by atoms with van der Waals surface area (Å²) in [7, 11) is -7.21. The second kappa shape index (κ2) is 11.6. The molecule has 0 aromatic carbocycles. The number of rotatable bonds is 12. The van der Waals surface area contributed by atoms with Crippen molar-refractivity contribution in [1.29, 1.82) is 0 Å². The van der Waals surface area contributed by atoms with E-state index >= 15 is 0 Å². The van der Waals surface area contributed by atoms with Crippen LogP contribution in [0.2, 0.25) is 0 Å². The maximum absolute atomic E-state index is 13.8. The number of aromatic nitrogens is 8. The second-order valence-electron chi connectivity index (χ2n) is 12.2. The SMILES string of the molecule is Nc1ncnc2c1ncn2[C@H]1C2C(OCC[P+](=O)O)[C@@H](COP(=O)(O)CC3(n4cnc5c(N)ncnc54)OC4C(O)[C@@H](CO)O[C@H]43)OC21O. The van der Waals surface area contributed by atoms with Gasteiger partial charge in [-0.2, -0.15) is 4.89 Å². The van der Waals surface area contributed by atoms with Crippen molar-refractivity contribution in [3.05, 3.63) is 25.3 Å². The van der Waals surface area contributed by atoms with Crippen molar-refractivity contribution in [1.82, 2.24) is 39.0 Å². The Morgan fingerprint density at radius 2 is 1.71 bits per heavy atom. The highest BCUT2D eigenvalue weighted by atomic mass is 31.2. The van der Waals surface area contributed by atoms with Gasteiger partial charge in [-0.05, 0) is 4.57 Å². The van der Waals surface area contributed by atoms with E-state index in [0.717, 1.165) is 0 Å². The molecule has 3 aliphatic heterocycles. The highest BCUT2D eigenvalue weighted by Gasteiger charge is 2.77. The summed E-state index contributed by atoms with van der Waals surface area (Å²) >= 11 is 0. The number of imidazole rings is 2. The van der Waals surface area contributed by atoms with Gasteiger partial charge < -0.3 is 59.7 Å². The van der Waals surface area contributed by atoms with E-state index in [9.17, 15) is 34.2 Å². The van der Waals surface area contributed by atoms with E-state index in [2.05, 4.69) is 29.9 Å². The zero-order valence-corrected chi connectivity index (χ0v) is 27.0. The summed E-state index contributed by atoms with van der Waals surface area (Å²) in [6.07, 6.45) is -2.13. The van der Waals surface area contributed by atoms with Crippen LogP contribution in [0.25, 0.3) is 22.3 Å². The molecule has 3 saturated heterocycles. The van der Waals surface area contributed by atoms with Gasteiger partial charge in [-0.25, -0.2) is 29.9 Å². The number of aliphatic hydroxyl groups is 3. The molecule has 0 spiro atoms. The van der Waals surface area contributed by atoms with Crippen LogP contribution in [0.3, 0.4) is 0 Å². The minimum Gasteiger partial charge on any atom is -0.394 e. The lowest BCUT2D eigenvalue weighted by Gasteiger charge is -2.51. The quantitative estimate of drug-likeness (QED) is 0.0747. The highest BCUT2D eigenvalue weighted by Crippen LogP contribution is 2.65. The first-order valence-electron chi connectivity index (χ1n) is 15.0. The predicted octanol–water partition coefficient (Wildman–Crippen LogP) is -2.42. The maximum Gasteiger partial charge on any atom is 0.507 e. The van der Waals surface area contributed by atoms with Crippen molar-refractivity contribution >= 4 is 49.6 Å². The standard InChI is InChI=1S/C25H30N10O12P2/c26-20-13-22(30-6-28-20)34(8-32-13)18-12-16(43-1-2-48(39)40)11(46-25(12,18)38)4-44-49(41,42)5-24(19-17(47-24)15(37)10(3-36)45-19)35-9-33-14-21(27)29-7-31-23(14)35/h6-12,15-19,36-38H,1-5H2,(H5-,26,27,28,29,30,31,39,40,41,42)/p+1/t10-,11-,12?,15?,16?,17?,18+,19-,24?,25?/m1/s1. The van der Waals surface area contributed by atoms with E-state index in [-0.39, 0.29) is 35.6 Å². The largest absolute Gasteiger partial charge is 0.507 e. The molecule has 4 aliphatic rings. The van der Waals surface area contributed by atoms with Gasteiger partial charge in [0.1, 0.15) is 66.4 Å². The number of ether oxygens (including phenoxy) is 4. The predicted molar refractivity (Wildman–Crippen MR) is 161 cm³/mol. The zero-order chi connectivity index (χ0) is 34.5. The van der Waals surface area contributed by atoms with Gasteiger partial charge in [0, 0.05) is 0 Å². The van der Waals surface area contributed by atoms with Crippen LogP contribution in [0.1, 0.15) is 6.04 Å². The summed E-state index contributed by atoms with van der Waals surface area (Å²) in [5, 5.41) is 31.9. The van der Waals surface area contributed by atoms with Crippen molar-refractivity contribution < 1.29 is 57.7 Å². The summed E-state index contributed by atoms with van der Waals surface area (Å²) in [6.45, 7) is -1.27. The normalized spacial score (nSPS) is 36.4. The third kappa shape index (κ3) is 5.06. The fraction of sp³-hybridized carbons (Fsp3) is 0.600. The van der Waals surface area contributed by atoms with Gasteiger partial charge in [-0.15, -0.1) is 0 Å². The molecule has 4 aromatic heterocycles. The van der Waals surface area contributed by atoms with Gasteiger partial charge in [-0.3, -0.25) is 9.13 Å². The summed E-state index contributed by atoms with van der Waals surface area (Å²) in [5.41, 5.74) is 11.1. The zero-order valence-electron chi connectivity index (χ0n) is 25.2. The number of nitrogen functional groups attached to an aromatic ring is 2. The number of hydrogen-bond donors (Lipinski definition) is 7. The molecule has 0 amide bonds. The van der Waals surface area contributed by atoms with E-state index in [4.69, 9.17) is 34.9 Å². The number of aliphatic hydroxyl groups excluding tert-OH is 2. The molecule has 24 heteroatoms. The lowest BCUT2D eigenvalue weighted by molar-refractivity contribution is -0.313. The number of fused-ring (bicyclic) bond motifs is 4. The molecule has 9 N–H and O–H groups in total. The molecular weight excluding hydrogens is 694 g/mol. The summed E-state index contributed by atoms with van der Waals surface area (Å²) in [6, 6.07) is -0.755. The average molecular weight is 726 g/mol. The number of anilines is 2. The van der Waals surface area contributed by atoms with Gasteiger partial charge >= 0.3 is 15.6 Å². The van der Waals surface area contributed by atoms with E-state index in [0.29, 0.717) is 11.2 Å². The second-order valence-corrected chi connectivity index (χ2v) is 15.2. The number of nitrogens with zero attached hydrogens (tertiary/aromatic N) is 8. The third-order valence-electron chi connectivity index (χ3n) is 9.41. The minimum atomic E-state index is -4.68. The van der Waals surface area contributed by atoms with Gasteiger partial charge in [0.25, 0.3) is 0 Å². The van der Waals surface area contributed by atoms with Gasteiger partial charge in [0.15, 0.2) is 34.4 Å². The summed E-state index contributed by atoms with van der Waals surface area (Å²) in [4.78, 5) is 45.3. The fourth-order valence-electron chi connectivity index (χ4n) is 7.18. The monoisotopic (exact) mass is 725 g/mol. The van der Waals surface area contributed by atoms with Crippen molar-refractivity contribution in [2.75, 3.05) is 43.6 Å². The van der Waals surface area contributed by atoms with Crippen molar-refractivity contribution in [3.8, 4) is 0 Å². The first kappa shape index (κ1) is 32.8. The van der Waals surface area contributed by atoms with Crippen LogP contribution >= 0.6 is 15.6 Å². The lowest BCUT2D eigenvalue weighted by Crippen LogP contribution is -2.67. The van der Waals surface area contributed by atoms with Crippen molar-refractivity contribution in [2.24, 2.45) is 5.92 Å². The first-order chi connectivity index (χ1) is 23.4. The number of nitrogens with two attached hydrogens (primary N) is 2. The average Bonchev–Trinajstić information content (AvgIpc) is 3.54. The molecule has 262 valence electrons. The van der Waals surface area contributed by atoms with E-state index in [1.54, 1.807) is 4.57 Å². The molecule has 0 bridgehead atoms. The van der Waals surface area contributed by atoms with Crippen LogP contribution in [0.15, 0.2) is 25.3 Å². The van der Waals surface area contributed by atoms with E-state index < -0.39 is 95.1 Å². The first-order valence-corrected chi connectivity index (χ1v) is 18.2. The Hall–Kier alpha value is -3.37. The molecular formula is C25H31N10O12P2+. The molecule has 7 heterocycles. The lowest BCUT2D eigenvalue weighted by atomic mass is 9.92. The fourth-order valence-corrected chi connectivity index (χ4v) is 8.89. The van der Waals surface area contributed by atoms with Gasteiger partial charge in [0.05, 0.1) is 44.5 Å². The Bertz CT molecular complexity index is 2000.